The molecule has 1 fully saturated rings. The minimum absolute atomic E-state index is 0.0159. The molecule has 1 atom stereocenters. The van der Waals surface area contributed by atoms with Gasteiger partial charge < -0.3 is 9.64 Å². The standard InChI is InChI=1S/C19H25ClFNO3/c1-13(19(24)25-2)12-22(14-8-5-3-4-6-9-14)18(23)17-15(20)10-7-11-16(17)21/h7,10-11,13-14H,3-6,8-9,12H2,1-2H3. The average molecular weight is 370 g/mol. The number of esters is 1. The monoisotopic (exact) mass is 369 g/mol. The molecule has 0 saturated heterocycles. The third kappa shape index (κ3) is 4.94. The molecule has 6 heteroatoms. The van der Waals surface area contributed by atoms with E-state index in [-0.39, 0.29) is 29.1 Å². The molecule has 0 spiro atoms. The van der Waals surface area contributed by atoms with Crippen LogP contribution in [0.2, 0.25) is 5.02 Å². The molecule has 0 aromatic heterocycles. The zero-order chi connectivity index (χ0) is 18.4. The van der Waals surface area contributed by atoms with Crippen LogP contribution in [0.5, 0.6) is 0 Å². The Morgan fingerprint density at radius 1 is 1.28 bits per heavy atom. The zero-order valence-electron chi connectivity index (χ0n) is 14.8. The highest BCUT2D eigenvalue weighted by Gasteiger charge is 2.31. The lowest BCUT2D eigenvalue weighted by Gasteiger charge is -2.33. The second-order valence-corrected chi connectivity index (χ2v) is 7.03. The Labute approximate surface area is 153 Å². The summed E-state index contributed by atoms with van der Waals surface area (Å²) in [5.41, 5.74) is -0.120. The average Bonchev–Trinajstić information content (AvgIpc) is 2.87. The van der Waals surface area contributed by atoms with Crippen LogP contribution in [-0.2, 0) is 9.53 Å². The van der Waals surface area contributed by atoms with E-state index in [4.69, 9.17) is 16.3 Å². The maximum absolute atomic E-state index is 14.2. The highest BCUT2D eigenvalue weighted by molar-refractivity contribution is 6.33. The lowest BCUT2D eigenvalue weighted by molar-refractivity contribution is -0.145. The van der Waals surface area contributed by atoms with Gasteiger partial charge in [0.1, 0.15) is 5.82 Å². The largest absolute Gasteiger partial charge is 0.469 e. The first kappa shape index (κ1) is 19.7. The Morgan fingerprint density at radius 2 is 1.92 bits per heavy atom. The number of carbonyl (C=O) groups excluding carboxylic acids is 2. The van der Waals surface area contributed by atoms with E-state index in [9.17, 15) is 14.0 Å². The highest BCUT2D eigenvalue weighted by Crippen LogP contribution is 2.27. The van der Waals surface area contributed by atoms with Gasteiger partial charge in [-0.3, -0.25) is 9.59 Å². The Morgan fingerprint density at radius 3 is 2.48 bits per heavy atom. The molecule has 0 bridgehead atoms. The number of ether oxygens (including phenoxy) is 1. The fourth-order valence-electron chi connectivity index (χ4n) is 3.38. The first-order chi connectivity index (χ1) is 12.0. The smallest absolute Gasteiger partial charge is 0.310 e. The number of rotatable bonds is 5. The molecule has 25 heavy (non-hydrogen) atoms. The van der Waals surface area contributed by atoms with Crippen molar-refractivity contribution < 1.29 is 18.7 Å². The van der Waals surface area contributed by atoms with E-state index in [0.29, 0.717) is 0 Å². The maximum atomic E-state index is 14.2. The van der Waals surface area contributed by atoms with Crippen LogP contribution in [0.4, 0.5) is 4.39 Å². The molecular weight excluding hydrogens is 345 g/mol. The SMILES string of the molecule is COC(=O)C(C)CN(C(=O)c1c(F)cccc1Cl)C1CCCCCC1. The quantitative estimate of drug-likeness (QED) is 0.569. The molecule has 0 aliphatic heterocycles. The Kier molecular flexibility index (Phi) is 7.24. The van der Waals surface area contributed by atoms with Gasteiger partial charge in [-0.2, -0.15) is 0 Å². The van der Waals surface area contributed by atoms with Gasteiger partial charge in [0.25, 0.3) is 5.91 Å². The number of halogens is 2. The highest BCUT2D eigenvalue weighted by atomic mass is 35.5. The van der Waals surface area contributed by atoms with Gasteiger partial charge in [0.15, 0.2) is 0 Å². The molecular formula is C19H25ClFNO3. The van der Waals surface area contributed by atoms with Crippen LogP contribution >= 0.6 is 11.6 Å². The van der Waals surface area contributed by atoms with Crippen molar-refractivity contribution in [1.82, 2.24) is 4.90 Å². The van der Waals surface area contributed by atoms with E-state index < -0.39 is 17.6 Å². The lowest BCUT2D eigenvalue weighted by atomic mass is 10.0. The van der Waals surface area contributed by atoms with Crippen LogP contribution in [0.25, 0.3) is 0 Å². The molecule has 1 aliphatic rings. The van der Waals surface area contributed by atoms with E-state index in [2.05, 4.69) is 0 Å². The summed E-state index contributed by atoms with van der Waals surface area (Å²) in [6.45, 7) is 1.91. The van der Waals surface area contributed by atoms with Crippen LogP contribution in [0.3, 0.4) is 0 Å². The fourth-order valence-corrected chi connectivity index (χ4v) is 3.63. The molecule has 0 heterocycles. The number of hydrogen-bond acceptors (Lipinski definition) is 3. The molecule has 2 rings (SSSR count). The minimum Gasteiger partial charge on any atom is -0.469 e. The van der Waals surface area contributed by atoms with Crippen molar-refractivity contribution >= 4 is 23.5 Å². The van der Waals surface area contributed by atoms with Crippen LogP contribution in [0, 0.1) is 11.7 Å². The summed E-state index contributed by atoms with van der Waals surface area (Å²) >= 11 is 6.09. The van der Waals surface area contributed by atoms with Gasteiger partial charge in [-0.25, -0.2) is 4.39 Å². The molecule has 0 radical (unpaired) electrons. The number of nitrogens with zero attached hydrogens (tertiary/aromatic N) is 1. The van der Waals surface area contributed by atoms with Gasteiger partial charge in [-0.05, 0) is 25.0 Å². The molecule has 4 nitrogen and oxygen atoms in total. The van der Waals surface area contributed by atoms with E-state index in [1.807, 2.05) is 0 Å². The number of amides is 1. The van der Waals surface area contributed by atoms with Crippen molar-refractivity contribution in [2.45, 2.75) is 51.5 Å². The number of hydrogen-bond donors (Lipinski definition) is 0. The van der Waals surface area contributed by atoms with Crippen molar-refractivity contribution in [3.8, 4) is 0 Å². The summed E-state index contributed by atoms with van der Waals surface area (Å²) in [6, 6.07) is 4.19. The third-order valence-electron chi connectivity index (χ3n) is 4.78. The lowest BCUT2D eigenvalue weighted by Crippen LogP contribution is -2.44. The third-order valence-corrected chi connectivity index (χ3v) is 5.09. The summed E-state index contributed by atoms with van der Waals surface area (Å²) in [5.74, 6) is -1.96. The van der Waals surface area contributed by atoms with Crippen molar-refractivity contribution in [2.75, 3.05) is 13.7 Å². The fraction of sp³-hybridized carbons (Fsp3) is 0.579. The number of carbonyl (C=O) groups is 2. The van der Waals surface area contributed by atoms with Gasteiger partial charge in [0.2, 0.25) is 0 Å². The summed E-state index contributed by atoms with van der Waals surface area (Å²) < 4.78 is 19.0. The van der Waals surface area contributed by atoms with Crippen LogP contribution in [0.1, 0.15) is 55.8 Å². The van der Waals surface area contributed by atoms with Crippen molar-refractivity contribution in [3.05, 3.63) is 34.6 Å². The van der Waals surface area contributed by atoms with Gasteiger partial charge in [0, 0.05) is 12.6 Å². The molecule has 1 saturated carbocycles. The summed E-state index contributed by atoms with van der Waals surface area (Å²) in [4.78, 5) is 26.5. The summed E-state index contributed by atoms with van der Waals surface area (Å²) in [6.07, 6.45) is 6.01. The predicted octanol–water partition coefficient (Wildman–Crippen LogP) is 4.45. The predicted molar refractivity (Wildman–Crippen MR) is 95.1 cm³/mol. The van der Waals surface area contributed by atoms with Crippen molar-refractivity contribution in [3.63, 3.8) is 0 Å². The van der Waals surface area contributed by atoms with E-state index >= 15 is 0 Å². The van der Waals surface area contributed by atoms with Crippen LogP contribution in [-0.4, -0.2) is 36.5 Å². The van der Waals surface area contributed by atoms with Gasteiger partial charge in [0.05, 0.1) is 23.6 Å². The molecule has 1 aliphatic carbocycles. The molecule has 1 unspecified atom stereocenters. The second kappa shape index (κ2) is 9.18. The molecule has 138 valence electrons. The Hall–Kier alpha value is -1.62. The van der Waals surface area contributed by atoms with Gasteiger partial charge in [-0.15, -0.1) is 0 Å². The van der Waals surface area contributed by atoms with Crippen molar-refractivity contribution in [2.24, 2.45) is 5.92 Å². The Balaban J connectivity index is 2.32. The Bertz CT molecular complexity index is 594. The summed E-state index contributed by atoms with van der Waals surface area (Å²) in [5, 5.41) is 0.0920. The van der Waals surface area contributed by atoms with Crippen LogP contribution < -0.4 is 0 Å². The number of benzene rings is 1. The zero-order valence-corrected chi connectivity index (χ0v) is 15.5. The first-order valence-electron chi connectivity index (χ1n) is 8.78. The van der Waals surface area contributed by atoms with Gasteiger partial charge in [-0.1, -0.05) is 50.3 Å². The van der Waals surface area contributed by atoms with Crippen molar-refractivity contribution in [1.29, 1.82) is 0 Å². The molecule has 1 aromatic carbocycles. The molecule has 1 amide bonds. The first-order valence-corrected chi connectivity index (χ1v) is 9.16. The number of methoxy groups -OCH3 is 1. The molecule has 1 aromatic rings. The summed E-state index contributed by atoms with van der Waals surface area (Å²) in [7, 11) is 1.32. The molecule has 0 N–H and O–H groups in total. The normalized spacial score (nSPS) is 16.8. The maximum Gasteiger partial charge on any atom is 0.310 e. The van der Waals surface area contributed by atoms with E-state index in [1.54, 1.807) is 11.8 Å². The van der Waals surface area contributed by atoms with E-state index in [0.717, 1.165) is 38.5 Å². The minimum atomic E-state index is -0.637. The second-order valence-electron chi connectivity index (χ2n) is 6.62. The van der Waals surface area contributed by atoms with Crippen LogP contribution in [0.15, 0.2) is 18.2 Å². The van der Waals surface area contributed by atoms with E-state index in [1.165, 1.54) is 25.3 Å². The van der Waals surface area contributed by atoms with Gasteiger partial charge >= 0.3 is 5.97 Å². The topological polar surface area (TPSA) is 46.6 Å².